The standard InChI is InChI=1S/C12H16N4O/c1-10(11-6-3-2-4-7-11)15-12(17)8-5-9-14-16-13/h2-4,6-7,10H,5,8-9H2,1H3,(H,15,17). The molecule has 0 heterocycles. The Hall–Kier alpha value is -2.00. The maximum Gasteiger partial charge on any atom is 0.220 e. The Morgan fingerprint density at radius 2 is 2.18 bits per heavy atom. The van der Waals surface area contributed by atoms with E-state index in [1.165, 1.54) is 0 Å². The average Bonchev–Trinajstić information content (AvgIpc) is 2.36. The molecule has 0 spiro atoms. The van der Waals surface area contributed by atoms with Gasteiger partial charge in [0.15, 0.2) is 0 Å². The molecular formula is C12H16N4O. The summed E-state index contributed by atoms with van der Waals surface area (Å²) in [4.78, 5) is 14.2. The summed E-state index contributed by atoms with van der Waals surface area (Å²) in [6.07, 6.45) is 0.966. The van der Waals surface area contributed by atoms with Crippen LogP contribution in [0.5, 0.6) is 0 Å². The van der Waals surface area contributed by atoms with E-state index in [1.54, 1.807) is 0 Å². The van der Waals surface area contributed by atoms with Gasteiger partial charge in [0.1, 0.15) is 0 Å². The van der Waals surface area contributed by atoms with Crippen LogP contribution in [0.25, 0.3) is 10.4 Å². The van der Waals surface area contributed by atoms with Crippen molar-refractivity contribution in [2.75, 3.05) is 6.54 Å². The van der Waals surface area contributed by atoms with Gasteiger partial charge in [0.2, 0.25) is 5.91 Å². The Balaban J connectivity index is 2.33. The van der Waals surface area contributed by atoms with E-state index in [-0.39, 0.29) is 11.9 Å². The van der Waals surface area contributed by atoms with E-state index in [1.807, 2.05) is 37.3 Å². The van der Waals surface area contributed by atoms with E-state index in [4.69, 9.17) is 5.53 Å². The monoisotopic (exact) mass is 232 g/mol. The minimum absolute atomic E-state index is 0.00293. The van der Waals surface area contributed by atoms with Gasteiger partial charge in [-0.2, -0.15) is 0 Å². The van der Waals surface area contributed by atoms with Crippen molar-refractivity contribution < 1.29 is 4.79 Å². The summed E-state index contributed by atoms with van der Waals surface area (Å²) in [7, 11) is 0. The molecule has 0 aliphatic heterocycles. The van der Waals surface area contributed by atoms with Crippen LogP contribution < -0.4 is 5.32 Å². The quantitative estimate of drug-likeness (QED) is 0.348. The van der Waals surface area contributed by atoms with Gasteiger partial charge in [-0.15, -0.1) is 0 Å². The molecule has 0 aromatic heterocycles. The van der Waals surface area contributed by atoms with E-state index < -0.39 is 0 Å². The highest BCUT2D eigenvalue weighted by Gasteiger charge is 2.08. The summed E-state index contributed by atoms with van der Waals surface area (Å²) < 4.78 is 0. The van der Waals surface area contributed by atoms with Crippen molar-refractivity contribution in [2.24, 2.45) is 5.11 Å². The van der Waals surface area contributed by atoms with Crippen LogP contribution in [-0.2, 0) is 4.79 Å². The Labute approximate surface area is 100 Å². The maximum absolute atomic E-state index is 11.5. The molecule has 5 heteroatoms. The summed E-state index contributed by atoms with van der Waals surface area (Å²) >= 11 is 0. The number of nitrogens with zero attached hydrogens (tertiary/aromatic N) is 3. The number of hydrogen-bond donors (Lipinski definition) is 1. The molecule has 0 radical (unpaired) electrons. The first kappa shape index (κ1) is 13.1. The van der Waals surface area contributed by atoms with Gasteiger partial charge in [-0.3, -0.25) is 4.79 Å². The molecule has 1 amide bonds. The second-order valence-corrected chi connectivity index (χ2v) is 3.76. The van der Waals surface area contributed by atoms with Crippen LogP contribution in [0.4, 0.5) is 0 Å². The second kappa shape index (κ2) is 7.30. The minimum atomic E-state index is -0.0190. The van der Waals surface area contributed by atoms with Gasteiger partial charge in [-0.25, -0.2) is 0 Å². The summed E-state index contributed by atoms with van der Waals surface area (Å²) in [5.74, 6) is -0.0190. The average molecular weight is 232 g/mol. The molecule has 5 nitrogen and oxygen atoms in total. The molecule has 1 unspecified atom stereocenters. The van der Waals surface area contributed by atoms with Crippen LogP contribution in [0.3, 0.4) is 0 Å². The number of benzene rings is 1. The normalized spacial score (nSPS) is 11.4. The Morgan fingerprint density at radius 1 is 1.47 bits per heavy atom. The third-order valence-corrected chi connectivity index (χ3v) is 2.40. The lowest BCUT2D eigenvalue weighted by molar-refractivity contribution is -0.121. The predicted octanol–water partition coefficient (Wildman–Crippen LogP) is 2.95. The highest BCUT2D eigenvalue weighted by Crippen LogP contribution is 2.11. The lowest BCUT2D eigenvalue weighted by Gasteiger charge is -2.13. The van der Waals surface area contributed by atoms with Gasteiger partial charge in [-0.05, 0) is 24.4 Å². The van der Waals surface area contributed by atoms with E-state index >= 15 is 0 Å². The number of carbonyl (C=O) groups is 1. The number of rotatable bonds is 6. The van der Waals surface area contributed by atoms with Crippen LogP contribution in [0.2, 0.25) is 0 Å². The smallest absolute Gasteiger partial charge is 0.220 e. The molecule has 0 fully saturated rings. The Bertz CT molecular complexity index is 398. The zero-order valence-electron chi connectivity index (χ0n) is 9.84. The highest BCUT2D eigenvalue weighted by atomic mass is 16.1. The van der Waals surface area contributed by atoms with Crippen LogP contribution in [0.1, 0.15) is 31.4 Å². The number of hydrogen-bond acceptors (Lipinski definition) is 2. The van der Waals surface area contributed by atoms with E-state index in [0.717, 1.165) is 5.56 Å². The minimum Gasteiger partial charge on any atom is -0.350 e. The lowest BCUT2D eigenvalue weighted by atomic mass is 10.1. The third kappa shape index (κ3) is 5.04. The topological polar surface area (TPSA) is 77.9 Å². The molecule has 0 aliphatic carbocycles. The molecule has 0 saturated heterocycles. The van der Waals surface area contributed by atoms with Crippen LogP contribution >= 0.6 is 0 Å². The van der Waals surface area contributed by atoms with Crippen molar-refractivity contribution in [3.8, 4) is 0 Å². The third-order valence-electron chi connectivity index (χ3n) is 2.40. The molecular weight excluding hydrogens is 216 g/mol. The van der Waals surface area contributed by atoms with Gasteiger partial charge < -0.3 is 5.32 Å². The summed E-state index contributed by atoms with van der Waals surface area (Å²) in [5.41, 5.74) is 9.16. The van der Waals surface area contributed by atoms with Crippen LogP contribution in [0, 0.1) is 0 Å². The molecule has 1 rings (SSSR count). The molecule has 1 atom stereocenters. The van der Waals surface area contributed by atoms with Gasteiger partial charge in [0, 0.05) is 17.9 Å². The maximum atomic E-state index is 11.5. The van der Waals surface area contributed by atoms with Crippen molar-refractivity contribution in [1.82, 2.24) is 5.32 Å². The Kier molecular flexibility index (Phi) is 5.61. The van der Waals surface area contributed by atoms with Gasteiger partial charge >= 0.3 is 0 Å². The Morgan fingerprint density at radius 3 is 2.82 bits per heavy atom. The zero-order chi connectivity index (χ0) is 12.5. The molecule has 1 aromatic carbocycles. The predicted molar refractivity (Wildman–Crippen MR) is 66.2 cm³/mol. The SMILES string of the molecule is CC(NC(=O)CCCN=[N+]=[N-])c1ccccc1. The number of amides is 1. The van der Waals surface area contributed by atoms with Crippen LogP contribution in [-0.4, -0.2) is 12.5 Å². The number of azide groups is 1. The molecule has 17 heavy (non-hydrogen) atoms. The van der Waals surface area contributed by atoms with E-state index in [2.05, 4.69) is 15.3 Å². The van der Waals surface area contributed by atoms with Crippen molar-refractivity contribution in [3.63, 3.8) is 0 Å². The van der Waals surface area contributed by atoms with Crippen molar-refractivity contribution in [1.29, 1.82) is 0 Å². The van der Waals surface area contributed by atoms with Gasteiger partial charge in [0.25, 0.3) is 0 Å². The number of nitrogens with one attached hydrogen (secondary N) is 1. The van der Waals surface area contributed by atoms with Crippen molar-refractivity contribution in [2.45, 2.75) is 25.8 Å². The highest BCUT2D eigenvalue weighted by molar-refractivity contribution is 5.76. The largest absolute Gasteiger partial charge is 0.350 e. The first-order valence-electron chi connectivity index (χ1n) is 5.59. The fraction of sp³-hybridized carbons (Fsp3) is 0.417. The molecule has 1 aromatic rings. The second-order valence-electron chi connectivity index (χ2n) is 3.76. The molecule has 0 aliphatic rings. The zero-order valence-corrected chi connectivity index (χ0v) is 9.84. The fourth-order valence-corrected chi connectivity index (χ4v) is 1.49. The van der Waals surface area contributed by atoms with Gasteiger partial charge in [-0.1, -0.05) is 35.4 Å². The molecule has 0 saturated carbocycles. The van der Waals surface area contributed by atoms with Crippen molar-refractivity contribution in [3.05, 3.63) is 46.3 Å². The van der Waals surface area contributed by atoms with Crippen molar-refractivity contribution >= 4 is 5.91 Å². The first-order valence-corrected chi connectivity index (χ1v) is 5.59. The summed E-state index contributed by atoms with van der Waals surface area (Å²) in [5, 5.41) is 6.28. The number of carbonyl (C=O) groups excluding carboxylic acids is 1. The van der Waals surface area contributed by atoms with Crippen LogP contribution in [0.15, 0.2) is 35.4 Å². The molecule has 0 bridgehead atoms. The lowest BCUT2D eigenvalue weighted by Crippen LogP contribution is -2.26. The molecule has 90 valence electrons. The fourth-order valence-electron chi connectivity index (χ4n) is 1.49. The summed E-state index contributed by atoms with van der Waals surface area (Å²) in [6.45, 7) is 2.31. The first-order chi connectivity index (χ1) is 8.24. The van der Waals surface area contributed by atoms with E-state index in [0.29, 0.717) is 19.4 Å². The molecule has 1 N–H and O–H groups in total. The van der Waals surface area contributed by atoms with E-state index in [9.17, 15) is 4.79 Å². The summed E-state index contributed by atoms with van der Waals surface area (Å²) in [6, 6.07) is 9.79. The van der Waals surface area contributed by atoms with Gasteiger partial charge in [0.05, 0.1) is 6.04 Å².